The molecule has 3 N–H and O–H groups in total. The van der Waals surface area contributed by atoms with Crippen molar-refractivity contribution in [2.75, 3.05) is 0 Å². The molecule has 0 aromatic heterocycles. The highest BCUT2D eigenvalue weighted by Crippen LogP contribution is 2.25. The average Bonchev–Trinajstić information content (AvgIpc) is 2.54. The van der Waals surface area contributed by atoms with Gasteiger partial charge in [-0.3, -0.25) is 14.4 Å². The Morgan fingerprint density at radius 2 is 1.85 bits per heavy atom. The minimum atomic E-state index is -0.913. The Kier molecular flexibility index (Phi) is 6.65. The first-order chi connectivity index (χ1) is 12.3. The predicted molar refractivity (Wildman–Crippen MR) is 89.1 cm³/mol. The summed E-state index contributed by atoms with van der Waals surface area (Å²) in [6, 6.07) is 1.92. The number of rotatable bonds is 6. The lowest BCUT2D eigenvalue weighted by molar-refractivity contribution is -0.142. The average molecular weight is 368 g/mol. The van der Waals surface area contributed by atoms with Crippen LogP contribution in [0, 0.1) is 17.6 Å². The third-order valence-electron chi connectivity index (χ3n) is 4.55. The largest absolute Gasteiger partial charge is 0.481 e. The molecule has 0 bridgehead atoms. The van der Waals surface area contributed by atoms with Gasteiger partial charge < -0.3 is 15.7 Å². The Morgan fingerprint density at radius 3 is 2.38 bits per heavy atom. The van der Waals surface area contributed by atoms with Crippen LogP contribution in [0.15, 0.2) is 18.2 Å². The number of carboxylic acid groups (broad SMARTS) is 1. The summed E-state index contributed by atoms with van der Waals surface area (Å²) in [6.07, 6.45) is 1.89. The van der Waals surface area contributed by atoms with Crippen LogP contribution in [0.3, 0.4) is 0 Å². The maximum absolute atomic E-state index is 14.0. The molecule has 1 saturated carbocycles. The van der Waals surface area contributed by atoms with Gasteiger partial charge in [-0.05, 0) is 31.7 Å². The molecule has 1 atom stereocenters. The number of nitrogens with one attached hydrogen (secondary N) is 2. The maximum atomic E-state index is 14.0. The van der Waals surface area contributed by atoms with Crippen molar-refractivity contribution in [2.24, 2.45) is 5.92 Å². The van der Waals surface area contributed by atoms with Gasteiger partial charge in [0.2, 0.25) is 11.8 Å². The van der Waals surface area contributed by atoms with E-state index in [2.05, 4.69) is 10.6 Å². The Balaban J connectivity index is 1.98. The Hall–Kier alpha value is -2.51. The van der Waals surface area contributed by atoms with Crippen molar-refractivity contribution in [1.29, 1.82) is 0 Å². The van der Waals surface area contributed by atoms with Crippen molar-refractivity contribution >= 4 is 17.8 Å². The number of carbonyl (C=O) groups is 3. The number of aliphatic carboxylic acids is 1. The summed E-state index contributed by atoms with van der Waals surface area (Å²) in [6.45, 7) is 1.25. The molecule has 8 heteroatoms. The van der Waals surface area contributed by atoms with Crippen LogP contribution in [-0.4, -0.2) is 28.9 Å². The van der Waals surface area contributed by atoms with Crippen LogP contribution in [0.25, 0.3) is 0 Å². The Labute approximate surface area is 150 Å². The van der Waals surface area contributed by atoms with E-state index < -0.39 is 29.6 Å². The molecule has 142 valence electrons. The number of hydrogen-bond donors (Lipinski definition) is 3. The maximum Gasteiger partial charge on any atom is 0.306 e. The van der Waals surface area contributed by atoms with Crippen LogP contribution in [0.5, 0.6) is 0 Å². The molecular formula is C18H22F2N2O4. The molecule has 2 rings (SSSR count). The van der Waals surface area contributed by atoms with E-state index in [1.807, 2.05) is 0 Å². The van der Waals surface area contributed by atoms with Crippen LogP contribution >= 0.6 is 0 Å². The van der Waals surface area contributed by atoms with Crippen LogP contribution in [-0.2, 0) is 14.4 Å². The lowest BCUT2D eigenvalue weighted by Crippen LogP contribution is -2.40. The number of hydrogen-bond acceptors (Lipinski definition) is 3. The van der Waals surface area contributed by atoms with Gasteiger partial charge in [-0.2, -0.15) is 0 Å². The fourth-order valence-electron chi connectivity index (χ4n) is 3.22. The summed E-state index contributed by atoms with van der Waals surface area (Å²) in [7, 11) is 0. The van der Waals surface area contributed by atoms with Gasteiger partial charge in [0.25, 0.3) is 0 Å². The van der Waals surface area contributed by atoms with Crippen molar-refractivity contribution in [3.05, 3.63) is 35.4 Å². The number of carboxylic acids is 1. The number of amides is 2. The highest BCUT2D eigenvalue weighted by Gasteiger charge is 2.28. The van der Waals surface area contributed by atoms with Crippen LogP contribution < -0.4 is 10.6 Å². The highest BCUT2D eigenvalue weighted by atomic mass is 19.1. The van der Waals surface area contributed by atoms with Gasteiger partial charge >= 0.3 is 5.97 Å². The van der Waals surface area contributed by atoms with Gasteiger partial charge in [-0.15, -0.1) is 0 Å². The second kappa shape index (κ2) is 8.73. The van der Waals surface area contributed by atoms with E-state index in [0.29, 0.717) is 31.7 Å². The molecule has 6 nitrogen and oxygen atoms in total. The molecule has 1 aromatic rings. The van der Waals surface area contributed by atoms with E-state index in [-0.39, 0.29) is 29.9 Å². The molecule has 0 aliphatic heterocycles. The van der Waals surface area contributed by atoms with Crippen LogP contribution in [0.4, 0.5) is 8.78 Å². The van der Waals surface area contributed by atoms with Gasteiger partial charge in [0.15, 0.2) is 0 Å². The molecule has 0 radical (unpaired) electrons. The second-order valence-electron chi connectivity index (χ2n) is 6.58. The van der Waals surface area contributed by atoms with Crippen molar-refractivity contribution in [3.8, 4) is 0 Å². The first kappa shape index (κ1) is 19.8. The Bertz CT molecular complexity index is 688. The summed E-state index contributed by atoms with van der Waals surface area (Å²) in [5, 5.41) is 14.3. The van der Waals surface area contributed by atoms with Gasteiger partial charge in [-0.1, -0.05) is 6.07 Å². The van der Waals surface area contributed by atoms with Crippen molar-refractivity contribution < 1.29 is 28.3 Å². The van der Waals surface area contributed by atoms with Crippen molar-refractivity contribution in [2.45, 2.75) is 51.1 Å². The number of carbonyl (C=O) groups excluding carboxylic acids is 2. The molecule has 1 fully saturated rings. The molecule has 2 amide bonds. The summed E-state index contributed by atoms with van der Waals surface area (Å²) in [5.74, 6) is -3.61. The van der Waals surface area contributed by atoms with Gasteiger partial charge in [0, 0.05) is 24.6 Å². The van der Waals surface area contributed by atoms with E-state index in [9.17, 15) is 23.2 Å². The zero-order valence-electron chi connectivity index (χ0n) is 14.4. The summed E-state index contributed by atoms with van der Waals surface area (Å²) in [4.78, 5) is 34.6. The lowest BCUT2D eigenvalue weighted by Gasteiger charge is -2.27. The fraction of sp³-hybridized carbons (Fsp3) is 0.500. The normalized spacial score (nSPS) is 20.9. The molecule has 1 aromatic carbocycles. The third kappa shape index (κ3) is 5.50. The van der Waals surface area contributed by atoms with Crippen LogP contribution in [0.1, 0.15) is 50.6 Å². The van der Waals surface area contributed by atoms with Gasteiger partial charge in [-0.25, -0.2) is 8.78 Å². The zero-order chi connectivity index (χ0) is 19.3. The minimum Gasteiger partial charge on any atom is -0.481 e. The van der Waals surface area contributed by atoms with E-state index in [4.69, 9.17) is 5.11 Å². The predicted octanol–water partition coefficient (Wildman–Crippen LogP) is 2.29. The van der Waals surface area contributed by atoms with E-state index in [0.717, 1.165) is 6.07 Å². The standard InChI is InChI=1S/C18H22F2N2O4/c1-10(23)21-16(14-7-4-12(19)8-15(14)20)9-17(24)22-13-5-2-11(3-6-13)18(25)26/h4,7-8,11,13,16H,2-3,5-6,9H2,1H3,(H,21,23)(H,22,24)(H,25,26)/t11?,13?,16-/m1/s1. The molecule has 0 unspecified atom stereocenters. The smallest absolute Gasteiger partial charge is 0.306 e. The molecule has 1 aliphatic carbocycles. The molecule has 1 aliphatic rings. The van der Waals surface area contributed by atoms with Gasteiger partial charge in [0.1, 0.15) is 11.6 Å². The molecule has 0 saturated heterocycles. The van der Waals surface area contributed by atoms with Crippen LogP contribution in [0.2, 0.25) is 0 Å². The first-order valence-corrected chi connectivity index (χ1v) is 8.50. The Morgan fingerprint density at radius 1 is 1.19 bits per heavy atom. The van der Waals surface area contributed by atoms with E-state index in [1.165, 1.54) is 13.0 Å². The molecule has 0 heterocycles. The summed E-state index contributed by atoms with van der Waals surface area (Å²) < 4.78 is 27.1. The third-order valence-corrected chi connectivity index (χ3v) is 4.55. The van der Waals surface area contributed by atoms with E-state index >= 15 is 0 Å². The van der Waals surface area contributed by atoms with Crippen molar-refractivity contribution in [3.63, 3.8) is 0 Å². The minimum absolute atomic E-state index is 0.0336. The lowest BCUT2D eigenvalue weighted by atomic mass is 9.86. The van der Waals surface area contributed by atoms with Gasteiger partial charge in [0.05, 0.1) is 18.4 Å². The molecule has 0 spiro atoms. The monoisotopic (exact) mass is 368 g/mol. The summed E-state index contributed by atoms with van der Waals surface area (Å²) in [5.41, 5.74) is 0.0336. The molecular weight excluding hydrogens is 346 g/mol. The topological polar surface area (TPSA) is 95.5 Å². The quantitative estimate of drug-likeness (QED) is 0.718. The first-order valence-electron chi connectivity index (χ1n) is 8.50. The van der Waals surface area contributed by atoms with E-state index in [1.54, 1.807) is 0 Å². The second-order valence-corrected chi connectivity index (χ2v) is 6.58. The SMILES string of the molecule is CC(=O)N[C@H](CC(=O)NC1CCC(C(=O)O)CC1)c1ccc(F)cc1F. The van der Waals surface area contributed by atoms with Crippen molar-refractivity contribution in [1.82, 2.24) is 10.6 Å². The fourth-order valence-corrected chi connectivity index (χ4v) is 3.22. The summed E-state index contributed by atoms with van der Waals surface area (Å²) >= 11 is 0. The molecule has 26 heavy (non-hydrogen) atoms. The highest BCUT2D eigenvalue weighted by molar-refractivity contribution is 5.79. The number of benzene rings is 1. The zero-order valence-corrected chi connectivity index (χ0v) is 14.4. The number of halogens is 2.